The van der Waals surface area contributed by atoms with Crippen LogP contribution < -0.4 is 14.8 Å². The fourth-order valence-corrected chi connectivity index (χ4v) is 3.18. The molecule has 0 aromatic heterocycles. The Labute approximate surface area is 163 Å². The highest BCUT2D eigenvalue weighted by atomic mass is 79.9. The second-order valence-electron chi connectivity index (χ2n) is 7.15. The summed E-state index contributed by atoms with van der Waals surface area (Å²) in [6.45, 7) is 6.04. The SMILES string of the molecule is CC(C)(CNC(=O)CCc1ccc2c(c1)OCCO2)c1ccc(Br)cc1. The number of ether oxygens (including phenoxy) is 2. The standard InChI is InChI=1S/C21H24BrNO3/c1-21(2,16-5-7-17(22)8-6-16)14-23-20(24)10-4-15-3-9-18-19(13-15)26-12-11-25-18/h3,5-9,13H,4,10-12,14H2,1-2H3,(H,23,24). The van der Waals surface area contributed by atoms with Crippen LogP contribution in [0.3, 0.4) is 0 Å². The van der Waals surface area contributed by atoms with Gasteiger partial charge in [0.25, 0.3) is 0 Å². The lowest BCUT2D eigenvalue weighted by Gasteiger charge is -2.26. The first-order valence-corrected chi connectivity index (χ1v) is 9.65. The number of carbonyl (C=O) groups excluding carboxylic acids is 1. The summed E-state index contributed by atoms with van der Waals surface area (Å²) in [4.78, 5) is 12.3. The molecule has 1 aliphatic heterocycles. The molecule has 0 aliphatic carbocycles. The van der Waals surface area contributed by atoms with Crippen molar-refractivity contribution >= 4 is 21.8 Å². The number of amides is 1. The van der Waals surface area contributed by atoms with Gasteiger partial charge in [-0.15, -0.1) is 0 Å². The molecule has 0 saturated heterocycles. The average Bonchev–Trinajstić information content (AvgIpc) is 2.65. The molecule has 0 saturated carbocycles. The van der Waals surface area contributed by atoms with Crippen LogP contribution in [-0.4, -0.2) is 25.7 Å². The van der Waals surface area contributed by atoms with Crippen molar-refractivity contribution in [3.05, 3.63) is 58.1 Å². The lowest BCUT2D eigenvalue weighted by molar-refractivity contribution is -0.121. The van der Waals surface area contributed by atoms with Crippen molar-refractivity contribution in [3.8, 4) is 11.5 Å². The van der Waals surface area contributed by atoms with Gasteiger partial charge >= 0.3 is 0 Å². The number of carbonyl (C=O) groups is 1. The van der Waals surface area contributed by atoms with Crippen molar-refractivity contribution < 1.29 is 14.3 Å². The zero-order chi connectivity index (χ0) is 18.6. The fraction of sp³-hybridized carbons (Fsp3) is 0.381. The zero-order valence-corrected chi connectivity index (χ0v) is 16.8. The van der Waals surface area contributed by atoms with E-state index in [1.165, 1.54) is 5.56 Å². The fourth-order valence-electron chi connectivity index (χ4n) is 2.91. The number of aryl methyl sites for hydroxylation is 1. The number of rotatable bonds is 6. The zero-order valence-electron chi connectivity index (χ0n) is 15.2. The Balaban J connectivity index is 1.50. The van der Waals surface area contributed by atoms with Gasteiger partial charge < -0.3 is 14.8 Å². The van der Waals surface area contributed by atoms with Gasteiger partial charge in [-0.05, 0) is 41.8 Å². The van der Waals surface area contributed by atoms with Crippen LogP contribution in [0.2, 0.25) is 0 Å². The summed E-state index contributed by atoms with van der Waals surface area (Å²) in [7, 11) is 0. The monoisotopic (exact) mass is 417 g/mol. The third-order valence-corrected chi connectivity index (χ3v) is 5.13. The highest BCUT2D eigenvalue weighted by molar-refractivity contribution is 9.10. The summed E-state index contributed by atoms with van der Waals surface area (Å²) in [5.74, 6) is 1.61. The van der Waals surface area contributed by atoms with E-state index in [0.717, 1.165) is 21.5 Å². The molecule has 2 aromatic carbocycles. The molecular weight excluding hydrogens is 394 g/mol. The van der Waals surface area contributed by atoms with E-state index in [2.05, 4.69) is 47.2 Å². The number of fused-ring (bicyclic) bond motifs is 1. The van der Waals surface area contributed by atoms with E-state index in [1.807, 2.05) is 30.3 Å². The van der Waals surface area contributed by atoms with E-state index in [-0.39, 0.29) is 11.3 Å². The summed E-state index contributed by atoms with van der Waals surface area (Å²) < 4.78 is 12.2. The highest BCUT2D eigenvalue weighted by Gasteiger charge is 2.21. The Morgan fingerprint density at radius 3 is 2.50 bits per heavy atom. The largest absolute Gasteiger partial charge is 0.486 e. The van der Waals surface area contributed by atoms with Crippen LogP contribution in [-0.2, 0) is 16.6 Å². The van der Waals surface area contributed by atoms with Crippen molar-refractivity contribution in [1.82, 2.24) is 5.32 Å². The van der Waals surface area contributed by atoms with Crippen molar-refractivity contribution in [2.75, 3.05) is 19.8 Å². The van der Waals surface area contributed by atoms with Gasteiger partial charge in [0.15, 0.2) is 11.5 Å². The minimum absolute atomic E-state index is 0.0603. The molecule has 4 nitrogen and oxygen atoms in total. The normalized spacial score (nSPS) is 13.3. The Morgan fingerprint density at radius 1 is 1.08 bits per heavy atom. The van der Waals surface area contributed by atoms with Gasteiger partial charge in [-0.25, -0.2) is 0 Å². The Bertz CT molecular complexity index is 771. The molecule has 1 aliphatic rings. The Morgan fingerprint density at radius 2 is 1.77 bits per heavy atom. The van der Waals surface area contributed by atoms with E-state index < -0.39 is 0 Å². The van der Waals surface area contributed by atoms with E-state index in [4.69, 9.17) is 9.47 Å². The minimum atomic E-state index is -0.118. The van der Waals surface area contributed by atoms with Crippen LogP contribution in [0.5, 0.6) is 11.5 Å². The second-order valence-corrected chi connectivity index (χ2v) is 8.06. The maximum atomic E-state index is 12.3. The first kappa shape index (κ1) is 18.8. The number of benzene rings is 2. The first-order valence-electron chi connectivity index (χ1n) is 8.85. The number of hydrogen-bond donors (Lipinski definition) is 1. The number of halogens is 1. The summed E-state index contributed by atoms with van der Waals surface area (Å²) in [6.07, 6.45) is 1.14. The third kappa shape index (κ3) is 4.79. The van der Waals surface area contributed by atoms with Crippen LogP contribution in [0.15, 0.2) is 46.9 Å². The molecule has 26 heavy (non-hydrogen) atoms. The summed E-state index contributed by atoms with van der Waals surface area (Å²) >= 11 is 3.45. The van der Waals surface area contributed by atoms with Gasteiger partial charge in [-0.1, -0.05) is 48.0 Å². The molecular formula is C21H24BrNO3. The van der Waals surface area contributed by atoms with Crippen LogP contribution in [0.25, 0.3) is 0 Å². The molecule has 0 radical (unpaired) electrons. The molecule has 138 valence electrons. The van der Waals surface area contributed by atoms with Crippen molar-refractivity contribution in [2.45, 2.75) is 32.1 Å². The quantitative estimate of drug-likeness (QED) is 0.763. The molecule has 5 heteroatoms. The third-order valence-electron chi connectivity index (χ3n) is 4.60. The van der Waals surface area contributed by atoms with Gasteiger partial charge in [0.05, 0.1) is 0 Å². The molecule has 2 aromatic rings. The smallest absolute Gasteiger partial charge is 0.220 e. The maximum absolute atomic E-state index is 12.3. The molecule has 3 rings (SSSR count). The number of hydrogen-bond acceptors (Lipinski definition) is 3. The van der Waals surface area contributed by atoms with Gasteiger partial charge in [-0.3, -0.25) is 4.79 Å². The van der Waals surface area contributed by atoms with Crippen LogP contribution in [0.1, 0.15) is 31.4 Å². The van der Waals surface area contributed by atoms with E-state index in [1.54, 1.807) is 0 Å². The molecule has 0 atom stereocenters. The molecule has 0 spiro atoms. The predicted octanol–water partition coefficient (Wildman–Crippen LogP) is 4.25. The van der Waals surface area contributed by atoms with Gasteiger partial charge in [0, 0.05) is 22.9 Å². The molecule has 1 N–H and O–H groups in total. The average molecular weight is 418 g/mol. The summed E-state index contributed by atoms with van der Waals surface area (Å²) in [6, 6.07) is 14.1. The molecule has 1 amide bonds. The van der Waals surface area contributed by atoms with Gasteiger partial charge in [0.1, 0.15) is 13.2 Å². The topological polar surface area (TPSA) is 47.6 Å². The molecule has 0 fully saturated rings. The predicted molar refractivity (Wildman–Crippen MR) is 106 cm³/mol. The second kappa shape index (κ2) is 8.12. The summed E-state index contributed by atoms with van der Waals surface area (Å²) in [5, 5.41) is 3.06. The number of nitrogens with one attached hydrogen (secondary N) is 1. The lowest BCUT2D eigenvalue weighted by atomic mass is 9.84. The maximum Gasteiger partial charge on any atom is 0.220 e. The lowest BCUT2D eigenvalue weighted by Crippen LogP contribution is -2.36. The van der Waals surface area contributed by atoms with Crippen LogP contribution >= 0.6 is 15.9 Å². The molecule has 0 unspecified atom stereocenters. The minimum Gasteiger partial charge on any atom is -0.486 e. The van der Waals surface area contributed by atoms with Crippen LogP contribution in [0, 0.1) is 0 Å². The first-order chi connectivity index (χ1) is 12.4. The van der Waals surface area contributed by atoms with E-state index >= 15 is 0 Å². The van der Waals surface area contributed by atoms with Gasteiger partial charge in [-0.2, -0.15) is 0 Å². The van der Waals surface area contributed by atoms with E-state index in [0.29, 0.717) is 32.6 Å². The van der Waals surface area contributed by atoms with Gasteiger partial charge in [0.2, 0.25) is 5.91 Å². The summed E-state index contributed by atoms with van der Waals surface area (Å²) in [5.41, 5.74) is 2.16. The highest BCUT2D eigenvalue weighted by Crippen LogP contribution is 2.31. The molecule has 1 heterocycles. The van der Waals surface area contributed by atoms with Crippen LogP contribution in [0.4, 0.5) is 0 Å². The molecule has 0 bridgehead atoms. The van der Waals surface area contributed by atoms with Crippen molar-refractivity contribution in [2.24, 2.45) is 0 Å². The Hall–Kier alpha value is -2.01. The van der Waals surface area contributed by atoms with Crippen molar-refractivity contribution in [1.29, 1.82) is 0 Å². The van der Waals surface area contributed by atoms with Crippen molar-refractivity contribution in [3.63, 3.8) is 0 Å². The Kier molecular flexibility index (Phi) is 5.87. The van der Waals surface area contributed by atoms with E-state index in [9.17, 15) is 4.79 Å².